The van der Waals surface area contributed by atoms with E-state index in [2.05, 4.69) is 4.98 Å². The van der Waals surface area contributed by atoms with Crippen molar-refractivity contribution in [2.24, 2.45) is 0 Å². The highest BCUT2D eigenvalue weighted by Gasteiger charge is 2.05. The summed E-state index contributed by atoms with van der Waals surface area (Å²) in [5.74, 6) is 1.50. The van der Waals surface area contributed by atoms with E-state index in [1.807, 2.05) is 25.1 Å². The molecule has 0 aliphatic carbocycles. The van der Waals surface area contributed by atoms with E-state index in [0.29, 0.717) is 13.0 Å². The molecule has 1 aromatic carbocycles. The Morgan fingerprint density at radius 1 is 1.44 bits per heavy atom. The van der Waals surface area contributed by atoms with Crippen molar-refractivity contribution in [3.8, 4) is 5.75 Å². The predicted octanol–water partition coefficient (Wildman–Crippen LogP) is 2.15. The van der Waals surface area contributed by atoms with Gasteiger partial charge >= 0.3 is 0 Å². The van der Waals surface area contributed by atoms with Crippen LogP contribution in [0.5, 0.6) is 5.75 Å². The van der Waals surface area contributed by atoms with Gasteiger partial charge in [0, 0.05) is 25.5 Å². The van der Waals surface area contributed by atoms with Crippen molar-refractivity contribution in [1.29, 1.82) is 0 Å². The minimum Gasteiger partial charge on any atom is -0.493 e. The molecule has 2 aromatic rings. The number of aliphatic hydroxyl groups is 1. The SMILES string of the molecule is CCc1nc2cc(OCCCO)ccc2o1. The average Bonchev–Trinajstić information content (AvgIpc) is 2.71. The molecule has 0 atom stereocenters. The van der Waals surface area contributed by atoms with Crippen LogP contribution < -0.4 is 4.74 Å². The summed E-state index contributed by atoms with van der Waals surface area (Å²) in [5, 5.41) is 8.64. The molecule has 0 spiro atoms. The Hall–Kier alpha value is -1.55. The highest BCUT2D eigenvalue weighted by molar-refractivity contribution is 5.74. The molecule has 0 aliphatic heterocycles. The van der Waals surface area contributed by atoms with E-state index in [1.165, 1.54) is 0 Å². The summed E-state index contributed by atoms with van der Waals surface area (Å²) in [6.45, 7) is 2.66. The molecule has 0 saturated carbocycles. The van der Waals surface area contributed by atoms with Crippen LogP contribution in [0.2, 0.25) is 0 Å². The van der Waals surface area contributed by atoms with E-state index in [1.54, 1.807) is 0 Å². The lowest BCUT2D eigenvalue weighted by Gasteiger charge is -2.03. The van der Waals surface area contributed by atoms with E-state index in [-0.39, 0.29) is 6.61 Å². The van der Waals surface area contributed by atoms with Crippen LogP contribution in [-0.2, 0) is 6.42 Å². The van der Waals surface area contributed by atoms with E-state index in [0.717, 1.165) is 29.2 Å². The van der Waals surface area contributed by atoms with Gasteiger partial charge in [0.25, 0.3) is 0 Å². The molecule has 4 heteroatoms. The standard InChI is InChI=1S/C12H15NO3/c1-2-12-13-10-8-9(15-7-3-6-14)4-5-11(10)16-12/h4-5,8,14H,2-3,6-7H2,1H3. The molecule has 0 saturated heterocycles. The minimum absolute atomic E-state index is 0.145. The van der Waals surface area contributed by atoms with Gasteiger partial charge in [0.05, 0.1) is 6.61 Å². The second-order valence-corrected chi connectivity index (χ2v) is 3.52. The molecule has 16 heavy (non-hydrogen) atoms. The average molecular weight is 221 g/mol. The van der Waals surface area contributed by atoms with Gasteiger partial charge in [-0.15, -0.1) is 0 Å². The zero-order chi connectivity index (χ0) is 11.4. The van der Waals surface area contributed by atoms with Crippen molar-refractivity contribution < 1.29 is 14.3 Å². The number of hydrogen-bond acceptors (Lipinski definition) is 4. The lowest BCUT2D eigenvalue weighted by atomic mass is 10.3. The molecule has 0 aliphatic rings. The maximum Gasteiger partial charge on any atom is 0.195 e. The van der Waals surface area contributed by atoms with Gasteiger partial charge in [0.1, 0.15) is 11.3 Å². The number of nitrogens with zero attached hydrogens (tertiary/aromatic N) is 1. The molecule has 0 bridgehead atoms. The van der Waals surface area contributed by atoms with E-state index >= 15 is 0 Å². The summed E-state index contributed by atoms with van der Waals surface area (Å²) >= 11 is 0. The fourth-order valence-corrected chi connectivity index (χ4v) is 1.45. The normalized spacial score (nSPS) is 10.9. The molecule has 0 radical (unpaired) electrons. The van der Waals surface area contributed by atoms with Crippen LogP contribution in [0.15, 0.2) is 22.6 Å². The summed E-state index contributed by atoms with van der Waals surface area (Å²) in [4.78, 5) is 4.32. The Balaban J connectivity index is 2.15. The van der Waals surface area contributed by atoms with Gasteiger partial charge in [-0.25, -0.2) is 4.98 Å². The number of ether oxygens (including phenoxy) is 1. The maximum absolute atomic E-state index is 8.64. The number of fused-ring (bicyclic) bond motifs is 1. The molecule has 86 valence electrons. The van der Waals surface area contributed by atoms with Crippen molar-refractivity contribution in [3.63, 3.8) is 0 Å². The smallest absolute Gasteiger partial charge is 0.195 e. The lowest BCUT2D eigenvalue weighted by molar-refractivity contribution is 0.233. The van der Waals surface area contributed by atoms with Gasteiger partial charge in [-0.2, -0.15) is 0 Å². The summed E-state index contributed by atoms with van der Waals surface area (Å²) in [6, 6.07) is 5.56. The largest absolute Gasteiger partial charge is 0.493 e. The highest BCUT2D eigenvalue weighted by Crippen LogP contribution is 2.21. The molecular formula is C12H15NO3. The fraction of sp³-hybridized carbons (Fsp3) is 0.417. The third kappa shape index (κ3) is 2.33. The molecule has 0 unspecified atom stereocenters. The van der Waals surface area contributed by atoms with Gasteiger partial charge in [0.2, 0.25) is 0 Å². The summed E-state index contributed by atoms with van der Waals surface area (Å²) in [6.07, 6.45) is 1.42. The van der Waals surface area contributed by atoms with Crippen molar-refractivity contribution >= 4 is 11.1 Å². The Morgan fingerprint density at radius 3 is 3.06 bits per heavy atom. The monoisotopic (exact) mass is 221 g/mol. The first-order valence-corrected chi connectivity index (χ1v) is 5.46. The maximum atomic E-state index is 8.64. The second kappa shape index (κ2) is 4.99. The van der Waals surface area contributed by atoms with Crippen LogP contribution in [0.1, 0.15) is 19.2 Å². The van der Waals surface area contributed by atoms with Crippen LogP contribution in [0.4, 0.5) is 0 Å². The van der Waals surface area contributed by atoms with Crippen LogP contribution >= 0.6 is 0 Å². The first kappa shape index (κ1) is 11.0. The van der Waals surface area contributed by atoms with E-state index in [4.69, 9.17) is 14.3 Å². The number of oxazole rings is 1. The van der Waals surface area contributed by atoms with Crippen LogP contribution in [0, 0.1) is 0 Å². The fourth-order valence-electron chi connectivity index (χ4n) is 1.45. The van der Waals surface area contributed by atoms with Gasteiger partial charge in [-0.05, 0) is 12.1 Å². The lowest BCUT2D eigenvalue weighted by Crippen LogP contribution is -1.99. The first-order chi connectivity index (χ1) is 7.83. The zero-order valence-electron chi connectivity index (χ0n) is 9.27. The molecule has 0 fully saturated rings. The van der Waals surface area contributed by atoms with Crippen molar-refractivity contribution in [3.05, 3.63) is 24.1 Å². The van der Waals surface area contributed by atoms with Gasteiger partial charge < -0.3 is 14.3 Å². The number of aliphatic hydroxyl groups excluding tert-OH is 1. The Morgan fingerprint density at radius 2 is 2.31 bits per heavy atom. The molecule has 1 aromatic heterocycles. The molecule has 1 heterocycles. The van der Waals surface area contributed by atoms with Crippen LogP contribution in [0.25, 0.3) is 11.1 Å². The number of aryl methyl sites for hydroxylation is 1. The minimum atomic E-state index is 0.145. The Bertz CT molecular complexity index is 464. The summed E-state index contributed by atoms with van der Waals surface area (Å²) in [7, 11) is 0. The van der Waals surface area contributed by atoms with Gasteiger partial charge in [-0.1, -0.05) is 6.92 Å². The second-order valence-electron chi connectivity index (χ2n) is 3.52. The van der Waals surface area contributed by atoms with Crippen LogP contribution in [0.3, 0.4) is 0 Å². The molecule has 0 amide bonds. The van der Waals surface area contributed by atoms with Gasteiger partial charge in [-0.3, -0.25) is 0 Å². The summed E-state index contributed by atoms with van der Waals surface area (Å²) in [5.41, 5.74) is 1.60. The van der Waals surface area contributed by atoms with Crippen LogP contribution in [-0.4, -0.2) is 23.3 Å². The Kier molecular flexibility index (Phi) is 3.41. The molecule has 4 nitrogen and oxygen atoms in total. The number of rotatable bonds is 5. The predicted molar refractivity (Wildman–Crippen MR) is 60.6 cm³/mol. The third-order valence-corrected chi connectivity index (χ3v) is 2.28. The molecule has 1 N–H and O–H groups in total. The summed E-state index contributed by atoms with van der Waals surface area (Å²) < 4.78 is 10.9. The Labute approximate surface area is 93.9 Å². The highest BCUT2D eigenvalue weighted by atomic mass is 16.5. The topological polar surface area (TPSA) is 55.5 Å². The van der Waals surface area contributed by atoms with Crippen molar-refractivity contribution in [1.82, 2.24) is 4.98 Å². The number of aromatic nitrogens is 1. The first-order valence-electron chi connectivity index (χ1n) is 5.46. The molecule has 2 rings (SSSR count). The van der Waals surface area contributed by atoms with Crippen molar-refractivity contribution in [2.75, 3.05) is 13.2 Å². The number of hydrogen-bond donors (Lipinski definition) is 1. The molecular weight excluding hydrogens is 206 g/mol. The number of benzene rings is 1. The van der Waals surface area contributed by atoms with Gasteiger partial charge in [0.15, 0.2) is 11.5 Å². The zero-order valence-corrected chi connectivity index (χ0v) is 9.27. The third-order valence-electron chi connectivity index (χ3n) is 2.28. The van der Waals surface area contributed by atoms with E-state index < -0.39 is 0 Å². The van der Waals surface area contributed by atoms with Crippen molar-refractivity contribution in [2.45, 2.75) is 19.8 Å². The quantitative estimate of drug-likeness (QED) is 0.786. The van der Waals surface area contributed by atoms with E-state index in [9.17, 15) is 0 Å².